The maximum atomic E-state index is 12.3. The molecule has 0 saturated carbocycles. The van der Waals surface area contributed by atoms with Crippen LogP contribution in [0.1, 0.15) is 12.8 Å². The van der Waals surface area contributed by atoms with E-state index in [0.717, 1.165) is 0 Å². The molecule has 0 aromatic heterocycles. The molecule has 0 atom stereocenters. The van der Waals surface area contributed by atoms with Crippen molar-refractivity contribution < 1.29 is 27.5 Å². The monoisotopic (exact) mass is 400 g/mol. The van der Waals surface area contributed by atoms with E-state index in [2.05, 4.69) is 5.32 Å². The summed E-state index contributed by atoms with van der Waals surface area (Å²) in [7, 11) is 0. The first-order chi connectivity index (χ1) is 12.8. The van der Waals surface area contributed by atoms with Crippen molar-refractivity contribution in [1.29, 1.82) is 0 Å². The number of halogens is 4. The molecule has 0 saturated heterocycles. The van der Waals surface area contributed by atoms with Crippen molar-refractivity contribution in [2.45, 2.75) is 19.0 Å². The largest absolute Gasteiger partial charge is 0.492 e. The highest BCUT2D eigenvalue weighted by Gasteiger charge is 2.38. The fourth-order valence-electron chi connectivity index (χ4n) is 2.08. The zero-order chi connectivity index (χ0) is 19.9. The fraction of sp³-hybridized carbons (Fsp3) is 0.222. The van der Waals surface area contributed by atoms with E-state index in [-0.39, 0.29) is 30.3 Å². The third-order valence-corrected chi connectivity index (χ3v) is 3.62. The van der Waals surface area contributed by atoms with Crippen LogP contribution in [0.25, 0.3) is 0 Å². The number of carbonyl (C=O) groups excluding carboxylic acids is 2. The number of para-hydroxylation sites is 1. The van der Waals surface area contributed by atoms with Gasteiger partial charge < -0.3 is 15.4 Å². The molecule has 0 aliphatic rings. The minimum atomic E-state index is -4.99. The molecule has 0 unspecified atom stereocenters. The van der Waals surface area contributed by atoms with Crippen LogP contribution in [0.2, 0.25) is 5.02 Å². The van der Waals surface area contributed by atoms with E-state index in [9.17, 15) is 22.8 Å². The molecule has 2 aromatic rings. The summed E-state index contributed by atoms with van der Waals surface area (Å²) in [5.74, 6) is -1.90. The molecule has 2 N–H and O–H groups in total. The fourth-order valence-corrected chi connectivity index (χ4v) is 2.27. The van der Waals surface area contributed by atoms with E-state index >= 15 is 0 Å². The molecule has 5 nitrogen and oxygen atoms in total. The van der Waals surface area contributed by atoms with Crippen molar-refractivity contribution in [1.82, 2.24) is 0 Å². The van der Waals surface area contributed by atoms with Crippen molar-refractivity contribution in [3.05, 3.63) is 53.6 Å². The van der Waals surface area contributed by atoms with Crippen LogP contribution in [0.4, 0.5) is 24.5 Å². The molecule has 0 spiro atoms. The first kappa shape index (κ1) is 20.6. The number of alkyl halides is 3. The van der Waals surface area contributed by atoms with Gasteiger partial charge in [0.1, 0.15) is 5.75 Å². The molecule has 144 valence electrons. The Bertz CT molecular complexity index is 812. The quantitative estimate of drug-likeness (QED) is 0.665. The Morgan fingerprint density at radius 1 is 1.00 bits per heavy atom. The lowest BCUT2D eigenvalue weighted by atomic mass is 10.2. The molecule has 27 heavy (non-hydrogen) atoms. The van der Waals surface area contributed by atoms with Gasteiger partial charge >= 0.3 is 12.1 Å². The average Bonchev–Trinajstić information content (AvgIpc) is 2.59. The van der Waals surface area contributed by atoms with E-state index in [1.165, 1.54) is 24.3 Å². The Labute approximate surface area is 158 Å². The van der Waals surface area contributed by atoms with Gasteiger partial charge in [0, 0.05) is 17.8 Å². The molecule has 0 bridgehead atoms. The summed E-state index contributed by atoms with van der Waals surface area (Å²) in [6.45, 7) is 0.277. The number of carbonyl (C=O) groups is 2. The van der Waals surface area contributed by atoms with Crippen LogP contribution in [-0.2, 0) is 9.59 Å². The van der Waals surface area contributed by atoms with E-state index in [4.69, 9.17) is 16.3 Å². The van der Waals surface area contributed by atoms with Crippen molar-refractivity contribution in [2.75, 3.05) is 17.2 Å². The van der Waals surface area contributed by atoms with Crippen molar-refractivity contribution in [3.8, 4) is 5.75 Å². The first-order valence-corrected chi connectivity index (χ1v) is 8.29. The van der Waals surface area contributed by atoms with Gasteiger partial charge in [0.2, 0.25) is 5.91 Å². The summed E-state index contributed by atoms with van der Waals surface area (Å²) in [4.78, 5) is 22.9. The van der Waals surface area contributed by atoms with E-state index < -0.39 is 12.1 Å². The molecule has 2 rings (SSSR count). The standard InChI is InChI=1S/C18H16ClF3N2O3/c19-14-7-1-2-8-15(14)27-10-4-9-16(25)23-12-5-3-6-13(11-12)24-17(26)18(20,21)22/h1-3,5-8,11H,4,9-10H2,(H,23,25)(H,24,26). The highest BCUT2D eigenvalue weighted by molar-refractivity contribution is 6.32. The third-order valence-electron chi connectivity index (χ3n) is 3.30. The SMILES string of the molecule is O=C(CCCOc1ccccc1Cl)Nc1cccc(NC(=O)C(F)(F)F)c1. The Morgan fingerprint density at radius 3 is 2.33 bits per heavy atom. The number of hydrogen-bond acceptors (Lipinski definition) is 3. The highest BCUT2D eigenvalue weighted by atomic mass is 35.5. The molecule has 9 heteroatoms. The first-order valence-electron chi connectivity index (χ1n) is 7.91. The molecule has 0 fully saturated rings. The number of benzene rings is 2. The topological polar surface area (TPSA) is 67.4 Å². The van der Waals surface area contributed by atoms with Crippen LogP contribution < -0.4 is 15.4 Å². The lowest BCUT2D eigenvalue weighted by Gasteiger charge is -2.10. The van der Waals surface area contributed by atoms with Crippen LogP contribution in [0.3, 0.4) is 0 Å². The summed E-state index contributed by atoms with van der Waals surface area (Å²) in [5, 5.41) is 4.75. The van der Waals surface area contributed by atoms with E-state index in [1.807, 2.05) is 0 Å². The number of nitrogens with one attached hydrogen (secondary N) is 2. The second kappa shape index (κ2) is 9.27. The Kier molecular flexibility index (Phi) is 7.06. The summed E-state index contributed by atoms with van der Waals surface area (Å²) in [5.41, 5.74) is 0.198. The normalized spacial score (nSPS) is 11.0. The van der Waals surface area contributed by atoms with Gasteiger partial charge in [-0.1, -0.05) is 29.8 Å². The van der Waals surface area contributed by atoms with Gasteiger partial charge in [0.05, 0.1) is 11.6 Å². The predicted molar refractivity (Wildman–Crippen MR) is 95.9 cm³/mol. The molecule has 2 aromatic carbocycles. The number of hydrogen-bond donors (Lipinski definition) is 2. The molecule has 0 radical (unpaired) electrons. The average molecular weight is 401 g/mol. The summed E-state index contributed by atoms with van der Waals surface area (Å²) < 4.78 is 42.3. The van der Waals surface area contributed by atoms with Gasteiger partial charge in [0.15, 0.2) is 0 Å². The van der Waals surface area contributed by atoms with Gasteiger partial charge in [-0.2, -0.15) is 13.2 Å². The zero-order valence-corrected chi connectivity index (χ0v) is 14.7. The van der Waals surface area contributed by atoms with Crippen molar-refractivity contribution in [3.63, 3.8) is 0 Å². The third kappa shape index (κ3) is 6.82. The second-order valence-electron chi connectivity index (χ2n) is 5.46. The summed E-state index contributed by atoms with van der Waals surface area (Å²) >= 11 is 5.95. The maximum absolute atomic E-state index is 12.3. The van der Waals surface area contributed by atoms with Gasteiger partial charge in [-0.3, -0.25) is 9.59 Å². The lowest BCUT2D eigenvalue weighted by Crippen LogP contribution is -2.29. The molecular formula is C18H16ClF3N2O3. The Morgan fingerprint density at radius 2 is 1.67 bits per heavy atom. The van der Waals surface area contributed by atoms with Gasteiger partial charge in [-0.15, -0.1) is 0 Å². The number of amides is 2. The van der Waals surface area contributed by atoms with Gasteiger partial charge in [0.25, 0.3) is 0 Å². The van der Waals surface area contributed by atoms with Crippen LogP contribution >= 0.6 is 11.6 Å². The van der Waals surface area contributed by atoms with Crippen LogP contribution in [-0.4, -0.2) is 24.6 Å². The smallest absolute Gasteiger partial charge is 0.471 e. The second-order valence-corrected chi connectivity index (χ2v) is 5.87. The maximum Gasteiger partial charge on any atom is 0.471 e. The van der Waals surface area contributed by atoms with E-state index in [0.29, 0.717) is 17.2 Å². The number of anilines is 2. The number of ether oxygens (including phenoxy) is 1. The Balaban J connectivity index is 1.79. The van der Waals surface area contributed by atoms with Crippen LogP contribution in [0, 0.1) is 0 Å². The Hall–Kier alpha value is -2.74. The van der Waals surface area contributed by atoms with Crippen molar-refractivity contribution in [2.24, 2.45) is 0 Å². The molecule has 0 heterocycles. The number of rotatable bonds is 7. The van der Waals surface area contributed by atoms with Gasteiger partial charge in [-0.25, -0.2) is 0 Å². The zero-order valence-electron chi connectivity index (χ0n) is 14.0. The summed E-state index contributed by atoms with van der Waals surface area (Å²) in [6, 6.07) is 12.4. The van der Waals surface area contributed by atoms with Crippen LogP contribution in [0.5, 0.6) is 5.75 Å². The molecule has 0 aliphatic heterocycles. The highest BCUT2D eigenvalue weighted by Crippen LogP contribution is 2.23. The minimum Gasteiger partial charge on any atom is -0.492 e. The summed E-state index contributed by atoms with van der Waals surface area (Å²) in [6.07, 6.45) is -4.42. The lowest BCUT2D eigenvalue weighted by molar-refractivity contribution is -0.167. The molecule has 2 amide bonds. The van der Waals surface area contributed by atoms with E-state index in [1.54, 1.807) is 29.6 Å². The molecular weight excluding hydrogens is 385 g/mol. The minimum absolute atomic E-state index is 0.0721. The predicted octanol–water partition coefficient (Wildman–Crippen LogP) is 4.64. The van der Waals surface area contributed by atoms with Crippen LogP contribution in [0.15, 0.2) is 48.5 Å². The van der Waals surface area contributed by atoms with Gasteiger partial charge in [-0.05, 0) is 36.8 Å². The molecule has 0 aliphatic carbocycles. The van der Waals surface area contributed by atoms with Crippen molar-refractivity contribution >= 4 is 34.8 Å².